The summed E-state index contributed by atoms with van der Waals surface area (Å²) in [6.45, 7) is 1.91. The van der Waals surface area contributed by atoms with Crippen molar-refractivity contribution in [3.05, 3.63) is 34.4 Å². The first-order chi connectivity index (χ1) is 6.20. The van der Waals surface area contributed by atoms with Crippen LogP contribution in [0.2, 0.25) is 0 Å². The van der Waals surface area contributed by atoms with Crippen LogP contribution in [0.5, 0.6) is 0 Å². The van der Waals surface area contributed by atoms with Crippen molar-refractivity contribution in [3.63, 3.8) is 0 Å². The molecule has 0 radical (unpaired) electrons. The quantitative estimate of drug-likeness (QED) is 0.765. The van der Waals surface area contributed by atoms with Gasteiger partial charge >= 0.3 is 0 Å². The molecule has 0 fully saturated rings. The molecular weight excluding hydrogens is 228 g/mol. The number of fused-ring (bicyclic) bond motifs is 1. The Labute approximate surface area is 84.9 Å². The van der Waals surface area contributed by atoms with Crippen LogP contribution in [0.3, 0.4) is 0 Å². The van der Waals surface area contributed by atoms with Gasteiger partial charge in [-0.05, 0) is 28.9 Å². The van der Waals surface area contributed by atoms with Crippen molar-refractivity contribution in [2.75, 3.05) is 5.73 Å². The summed E-state index contributed by atoms with van der Waals surface area (Å²) in [4.78, 5) is 4.38. The number of aryl methyl sites for hydroxylation is 1. The lowest BCUT2D eigenvalue weighted by molar-refractivity contribution is 1.25. The SMILES string of the molecule is Cc1nc2ccccc2c(Br)c1N. The molecule has 0 saturated carbocycles. The average molecular weight is 237 g/mol. The fourth-order valence-corrected chi connectivity index (χ4v) is 1.92. The number of nitrogens with zero attached hydrogens (tertiary/aromatic N) is 1. The highest BCUT2D eigenvalue weighted by Crippen LogP contribution is 2.29. The number of anilines is 1. The molecule has 0 saturated heterocycles. The number of pyridine rings is 1. The van der Waals surface area contributed by atoms with Crippen LogP contribution >= 0.6 is 15.9 Å². The summed E-state index contributed by atoms with van der Waals surface area (Å²) in [7, 11) is 0. The molecule has 66 valence electrons. The Morgan fingerprint density at radius 3 is 2.77 bits per heavy atom. The van der Waals surface area contributed by atoms with Crippen LogP contribution in [0.25, 0.3) is 10.9 Å². The Morgan fingerprint density at radius 1 is 1.31 bits per heavy atom. The standard InChI is InChI=1S/C10H9BrN2/c1-6-10(12)9(11)7-4-2-3-5-8(7)13-6/h2-5H,12H2,1H3. The van der Waals surface area contributed by atoms with Crippen molar-refractivity contribution in [3.8, 4) is 0 Å². The number of hydrogen-bond acceptors (Lipinski definition) is 2. The van der Waals surface area contributed by atoms with Gasteiger partial charge in [-0.2, -0.15) is 0 Å². The van der Waals surface area contributed by atoms with E-state index in [1.54, 1.807) is 0 Å². The number of para-hydroxylation sites is 1. The maximum atomic E-state index is 5.84. The summed E-state index contributed by atoms with van der Waals surface area (Å²) in [5.41, 5.74) is 8.40. The summed E-state index contributed by atoms with van der Waals surface area (Å²) in [6.07, 6.45) is 0. The van der Waals surface area contributed by atoms with Gasteiger partial charge in [-0.1, -0.05) is 18.2 Å². The number of rotatable bonds is 0. The molecule has 0 unspecified atom stereocenters. The van der Waals surface area contributed by atoms with Gasteiger partial charge in [-0.3, -0.25) is 4.98 Å². The minimum Gasteiger partial charge on any atom is -0.396 e. The van der Waals surface area contributed by atoms with Crippen LogP contribution < -0.4 is 5.73 Å². The third-order valence-electron chi connectivity index (χ3n) is 2.05. The van der Waals surface area contributed by atoms with Gasteiger partial charge in [0, 0.05) is 5.39 Å². The van der Waals surface area contributed by atoms with Gasteiger partial charge in [0.25, 0.3) is 0 Å². The number of hydrogen-bond donors (Lipinski definition) is 1. The molecule has 1 aromatic heterocycles. The summed E-state index contributed by atoms with van der Waals surface area (Å²) in [6, 6.07) is 7.93. The zero-order valence-corrected chi connectivity index (χ0v) is 8.80. The van der Waals surface area contributed by atoms with Crippen LogP contribution in [0, 0.1) is 6.92 Å². The maximum Gasteiger partial charge on any atom is 0.0718 e. The van der Waals surface area contributed by atoms with E-state index >= 15 is 0 Å². The second-order valence-corrected chi connectivity index (χ2v) is 3.74. The normalized spacial score (nSPS) is 10.6. The molecule has 0 bridgehead atoms. The number of halogens is 1. The molecule has 0 spiro atoms. The number of benzene rings is 1. The van der Waals surface area contributed by atoms with Gasteiger partial charge in [0.2, 0.25) is 0 Å². The molecule has 1 heterocycles. The van der Waals surface area contributed by atoms with Crippen molar-refractivity contribution < 1.29 is 0 Å². The zero-order valence-electron chi connectivity index (χ0n) is 7.21. The fraction of sp³-hybridized carbons (Fsp3) is 0.100. The van der Waals surface area contributed by atoms with E-state index in [0.29, 0.717) is 0 Å². The van der Waals surface area contributed by atoms with E-state index in [1.165, 1.54) is 0 Å². The van der Waals surface area contributed by atoms with Crippen molar-refractivity contribution in [2.45, 2.75) is 6.92 Å². The second-order valence-electron chi connectivity index (χ2n) is 2.94. The van der Waals surface area contributed by atoms with Crippen LogP contribution in [0.4, 0.5) is 5.69 Å². The largest absolute Gasteiger partial charge is 0.396 e. The van der Waals surface area contributed by atoms with Crippen LogP contribution in [0.15, 0.2) is 28.7 Å². The third-order valence-corrected chi connectivity index (χ3v) is 2.91. The monoisotopic (exact) mass is 236 g/mol. The first-order valence-electron chi connectivity index (χ1n) is 4.00. The predicted molar refractivity (Wildman–Crippen MR) is 58.6 cm³/mol. The van der Waals surface area contributed by atoms with Crippen LogP contribution in [-0.4, -0.2) is 4.98 Å². The molecule has 0 aliphatic heterocycles. The van der Waals surface area contributed by atoms with Crippen molar-refractivity contribution in [1.29, 1.82) is 0 Å². The van der Waals surface area contributed by atoms with Crippen molar-refractivity contribution >= 4 is 32.5 Å². The van der Waals surface area contributed by atoms with E-state index in [9.17, 15) is 0 Å². The second kappa shape index (κ2) is 3.00. The van der Waals surface area contributed by atoms with Gasteiger partial charge < -0.3 is 5.73 Å². The summed E-state index contributed by atoms with van der Waals surface area (Å²) in [5, 5.41) is 1.06. The Kier molecular flexibility index (Phi) is 1.96. The highest BCUT2D eigenvalue weighted by atomic mass is 79.9. The fourth-order valence-electron chi connectivity index (χ4n) is 1.30. The maximum absolute atomic E-state index is 5.84. The lowest BCUT2D eigenvalue weighted by Gasteiger charge is -2.05. The number of nitrogens with two attached hydrogens (primary N) is 1. The minimum absolute atomic E-state index is 0.721. The first-order valence-corrected chi connectivity index (χ1v) is 4.80. The van der Waals surface area contributed by atoms with E-state index in [4.69, 9.17) is 5.73 Å². The number of nitrogen functional groups attached to an aromatic ring is 1. The van der Waals surface area contributed by atoms with Crippen LogP contribution in [0.1, 0.15) is 5.69 Å². The van der Waals surface area contributed by atoms with Gasteiger partial charge in [-0.25, -0.2) is 0 Å². The Morgan fingerprint density at radius 2 is 2.00 bits per heavy atom. The zero-order chi connectivity index (χ0) is 9.42. The molecule has 0 amide bonds. The van der Waals surface area contributed by atoms with Gasteiger partial charge in [0.1, 0.15) is 0 Å². The van der Waals surface area contributed by atoms with E-state index < -0.39 is 0 Å². The van der Waals surface area contributed by atoms with Gasteiger partial charge in [-0.15, -0.1) is 0 Å². The lowest BCUT2D eigenvalue weighted by atomic mass is 10.2. The van der Waals surface area contributed by atoms with E-state index in [-0.39, 0.29) is 0 Å². The predicted octanol–water partition coefficient (Wildman–Crippen LogP) is 2.89. The third kappa shape index (κ3) is 1.29. The molecule has 0 aliphatic carbocycles. The summed E-state index contributed by atoms with van der Waals surface area (Å²) < 4.78 is 0.940. The smallest absolute Gasteiger partial charge is 0.0718 e. The lowest BCUT2D eigenvalue weighted by Crippen LogP contribution is -1.95. The van der Waals surface area contributed by atoms with Crippen LogP contribution in [-0.2, 0) is 0 Å². The Balaban J connectivity index is 2.94. The summed E-state index contributed by atoms with van der Waals surface area (Å²) in [5.74, 6) is 0. The molecular formula is C10H9BrN2. The molecule has 2 aromatic rings. The van der Waals surface area contributed by atoms with Gasteiger partial charge in [0.05, 0.1) is 21.4 Å². The highest BCUT2D eigenvalue weighted by molar-refractivity contribution is 9.10. The Bertz CT molecular complexity index is 466. The summed E-state index contributed by atoms with van der Waals surface area (Å²) >= 11 is 3.47. The first kappa shape index (κ1) is 8.51. The molecule has 0 aliphatic rings. The average Bonchev–Trinajstić information content (AvgIpc) is 2.15. The Hall–Kier alpha value is -1.09. The van der Waals surface area contributed by atoms with E-state index in [0.717, 1.165) is 26.8 Å². The van der Waals surface area contributed by atoms with E-state index in [2.05, 4.69) is 20.9 Å². The topological polar surface area (TPSA) is 38.9 Å². The molecule has 2 nitrogen and oxygen atoms in total. The number of aromatic nitrogens is 1. The highest BCUT2D eigenvalue weighted by Gasteiger charge is 2.05. The minimum atomic E-state index is 0.721. The van der Waals surface area contributed by atoms with Gasteiger partial charge in [0.15, 0.2) is 0 Å². The van der Waals surface area contributed by atoms with Crippen molar-refractivity contribution in [1.82, 2.24) is 4.98 Å². The molecule has 2 N–H and O–H groups in total. The molecule has 0 atom stereocenters. The molecule has 3 heteroatoms. The molecule has 1 aromatic carbocycles. The molecule has 13 heavy (non-hydrogen) atoms. The molecule has 2 rings (SSSR count). The van der Waals surface area contributed by atoms with E-state index in [1.807, 2.05) is 31.2 Å². The van der Waals surface area contributed by atoms with Crippen molar-refractivity contribution in [2.24, 2.45) is 0 Å².